The van der Waals surface area contributed by atoms with E-state index in [1.807, 2.05) is 7.11 Å². The monoisotopic (exact) mass is 281 g/mol. The topological polar surface area (TPSA) is 12.5 Å². The van der Waals surface area contributed by atoms with Gasteiger partial charge in [0.1, 0.15) is 5.60 Å². The van der Waals surface area contributed by atoms with Gasteiger partial charge in [-0.05, 0) is 37.6 Å². The SMILES string of the molecule is COC(c1ccccc1)(c1ccccc1)[C@H]1CCCN1C. The maximum absolute atomic E-state index is 6.22. The molecule has 2 aromatic rings. The summed E-state index contributed by atoms with van der Waals surface area (Å²) in [5, 5.41) is 0. The van der Waals surface area contributed by atoms with Crippen LogP contribution in [0.4, 0.5) is 0 Å². The number of nitrogens with zero attached hydrogens (tertiary/aromatic N) is 1. The number of ether oxygens (including phenoxy) is 1. The maximum atomic E-state index is 6.22. The Bertz CT molecular complexity index is 527. The lowest BCUT2D eigenvalue weighted by Crippen LogP contribution is -2.48. The van der Waals surface area contributed by atoms with Crippen LogP contribution < -0.4 is 0 Å². The van der Waals surface area contributed by atoms with Crippen LogP contribution >= 0.6 is 0 Å². The zero-order valence-corrected chi connectivity index (χ0v) is 12.8. The average molecular weight is 281 g/mol. The highest BCUT2D eigenvalue weighted by molar-refractivity contribution is 5.39. The van der Waals surface area contributed by atoms with Crippen LogP contribution in [0.2, 0.25) is 0 Å². The van der Waals surface area contributed by atoms with Gasteiger partial charge in [-0.15, -0.1) is 0 Å². The van der Waals surface area contributed by atoms with E-state index < -0.39 is 5.60 Å². The molecule has 0 N–H and O–H groups in total. The van der Waals surface area contributed by atoms with Crippen molar-refractivity contribution in [2.45, 2.75) is 24.5 Å². The van der Waals surface area contributed by atoms with Crippen molar-refractivity contribution in [1.29, 1.82) is 0 Å². The molecule has 0 aliphatic carbocycles. The number of hydrogen-bond donors (Lipinski definition) is 0. The van der Waals surface area contributed by atoms with Crippen molar-refractivity contribution >= 4 is 0 Å². The van der Waals surface area contributed by atoms with Gasteiger partial charge in [-0.3, -0.25) is 4.90 Å². The molecular weight excluding hydrogens is 258 g/mol. The molecule has 1 fully saturated rings. The third kappa shape index (κ3) is 2.39. The lowest BCUT2D eigenvalue weighted by atomic mass is 9.79. The van der Waals surface area contributed by atoms with Crippen molar-refractivity contribution in [2.24, 2.45) is 0 Å². The molecule has 0 spiro atoms. The summed E-state index contributed by atoms with van der Waals surface area (Å²) >= 11 is 0. The fraction of sp³-hybridized carbons (Fsp3) is 0.368. The van der Waals surface area contributed by atoms with E-state index >= 15 is 0 Å². The Morgan fingerprint density at radius 3 is 1.86 bits per heavy atom. The molecule has 0 saturated carbocycles. The number of hydrogen-bond acceptors (Lipinski definition) is 2. The van der Waals surface area contributed by atoms with Gasteiger partial charge in [0, 0.05) is 13.2 Å². The second kappa shape index (κ2) is 6.00. The largest absolute Gasteiger partial charge is 0.367 e. The van der Waals surface area contributed by atoms with E-state index in [-0.39, 0.29) is 0 Å². The van der Waals surface area contributed by atoms with E-state index in [9.17, 15) is 0 Å². The zero-order chi connectivity index (χ0) is 14.7. The van der Waals surface area contributed by atoms with Gasteiger partial charge in [0.25, 0.3) is 0 Å². The van der Waals surface area contributed by atoms with Gasteiger partial charge >= 0.3 is 0 Å². The van der Waals surface area contributed by atoms with Crippen LogP contribution in [-0.4, -0.2) is 31.6 Å². The Morgan fingerprint density at radius 2 is 1.48 bits per heavy atom. The predicted molar refractivity (Wildman–Crippen MR) is 86.3 cm³/mol. The molecule has 1 atom stereocenters. The number of rotatable bonds is 4. The first-order valence-electron chi connectivity index (χ1n) is 7.65. The maximum Gasteiger partial charge on any atom is 0.133 e. The van der Waals surface area contributed by atoms with Crippen LogP contribution in [0.25, 0.3) is 0 Å². The minimum absolute atomic E-state index is 0.368. The van der Waals surface area contributed by atoms with Crippen LogP contribution in [0, 0.1) is 0 Å². The summed E-state index contributed by atoms with van der Waals surface area (Å²) in [4.78, 5) is 2.43. The fourth-order valence-electron chi connectivity index (χ4n) is 3.72. The average Bonchev–Trinajstić information content (AvgIpc) is 2.98. The van der Waals surface area contributed by atoms with Crippen LogP contribution in [0.15, 0.2) is 60.7 Å². The van der Waals surface area contributed by atoms with Crippen LogP contribution in [0.5, 0.6) is 0 Å². The van der Waals surface area contributed by atoms with Crippen LogP contribution in [0.1, 0.15) is 24.0 Å². The summed E-state index contributed by atoms with van der Waals surface area (Å²) in [6, 6.07) is 21.6. The third-order valence-corrected chi connectivity index (χ3v) is 4.72. The molecule has 0 unspecified atom stereocenters. The van der Waals surface area contributed by atoms with Crippen molar-refractivity contribution in [3.05, 3.63) is 71.8 Å². The van der Waals surface area contributed by atoms with Crippen molar-refractivity contribution in [3.8, 4) is 0 Å². The Hall–Kier alpha value is -1.64. The minimum Gasteiger partial charge on any atom is -0.367 e. The third-order valence-electron chi connectivity index (χ3n) is 4.72. The molecule has 1 saturated heterocycles. The minimum atomic E-state index is -0.395. The van der Waals surface area contributed by atoms with Crippen molar-refractivity contribution < 1.29 is 4.74 Å². The van der Waals surface area contributed by atoms with Gasteiger partial charge in [0.15, 0.2) is 0 Å². The molecule has 1 heterocycles. The van der Waals surface area contributed by atoms with E-state index in [2.05, 4.69) is 72.6 Å². The Labute approximate surface area is 127 Å². The van der Waals surface area contributed by atoms with E-state index in [1.54, 1.807) is 0 Å². The standard InChI is InChI=1S/C19H23NO/c1-20-15-9-14-18(20)19(21-2,16-10-5-3-6-11-16)17-12-7-4-8-13-17/h3-8,10-13,18H,9,14-15H2,1-2H3/t18-/m1/s1. The van der Waals surface area contributed by atoms with Gasteiger partial charge < -0.3 is 4.74 Å². The van der Waals surface area contributed by atoms with Crippen molar-refractivity contribution in [3.63, 3.8) is 0 Å². The highest BCUT2D eigenvalue weighted by atomic mass is 16.5. The molecule has 1 aliphatic heterocycles. The highest BCUT2D eigenvalue weighted by Gasteiger charge is 2.45. The molecule has 110 valence electrons. The molecule has 3 rings (SSSR count). The first-order valence-corrected chi connectivity index (χ1v) is 7.65. The summed E-state index contributed by atoms with van der Waals surface area (Å²) in [5.41, 5.74) is 2.07. The molecule has 0 aromatic heterocycles. The fourth-order valence-corrected chi connectivity index (χ4v) is 3.72. The number of methoxy groups -OCH3 is 1. The summed E-state index contributed by atoms with van der Waals surface area (Å²) in [6.45, 7) is 1.13. The smallest absolute Gasteiger partial charge is 0.133 e. The second-order valence-electron chi connectivity index (χ2n) is 5.81. The molecule has 0 bridgehead atoms. The predicted octanol–water partition coefficient (Wildman–Crippen LogP) is 3.67. The van der Waals surface area contributed by atoms with E-state index in [0.29, 0.717) is 6.04 Å². The normalized spacial score (nSPS) is 19.8. The van der Waals surface area contributed by atoms with Crippen LogP contribution in [-0.2, 0) is 10.3 Å². The molecule has 2 heteroatoms. The van der Waals surface area contributed by atoms with E-state index in [1.165, 1.54) is 17.5 Å². The molecule has 2 nitrogen and oxygen atoms in total. The zero-order valence-electron chi connectivity index (χ0n) is 12.8. The molecular formula is C19H23NO. The van der Waals surface area contributed by atoms with Gasteiger partial charge in [-0.2, -0.15) is 0 Å². The summed E-state index contributed by atoms with van der Waals surface area (Å²) in [6.07, 6.45) is 2.39. The van der Waals surface area contributed by atoms with Gasteiger partial charge in [-0.1, -0.05) is 60.7 Å². The molecule has 0 radical (unpaired) electrons. The summed E-state index contributed by atoms with van der Waals surface area (Å²) < 4.78 is 6.22. The number of likely N-dealkylation sites (N-methyl/N-ethyl adjacent to an activating group) is 1. The second-order valence-corrected chi connectivity index (χ2v) is 5.81. The molecule has 0 amide bonds. The van der Waals surface area contributed by atoms with Crippen molar-refractivity contribution in [1.82, 2.24) is 4.90 Å². The lowest BCUT2D eigenvalue weighted by Gasteiger charge is -2.42. The molecule has 21 heavy (non-hydrogen) atoms. The summed E-state index contributed by atoms with van der Waals surface area (Å²) in [7, 11) is 4.05. The van der Waals surface area contributed by atoms with Crippen molar-refractivity contribution in [2.75, 3.05) is 20.7 Å². The molecule has 1 aliphatic rings. The Balaban J connectivity index is 2.18. The molecule has 2 aromatic carbocycles. The lowest BCUT2D eigenvalue weighted by molar-refractivity contribution is -0.0360. The highest BCUT2D eigenvalue weighted by Crippen LogP contribution is 2.42. The van der Waals surface area contributed by atoms with Gasteiger partial charge in [-0.25, -0.2) is 0 Å². The first-order chi connectivity index (χ1) is 10.3. The first kappa shape index (κ1) is 14.3. The van der Waals surface area contributed by atoms with E-state index in [4.69, 9.17) is 4.74 Å². The van der Waals surface area contributed by atoms with Crippen LogP contribution in [0.3, 0.4) is 0 Å². The number of benzene rings is 2. The summed E-state index contributed by atoms with van der Waals surface area (Å²) in [5.74, 6) is 0. The quantitative estimate of drug-likeness (QED) is 0.848. The Kier molecular flexibility index (Phi) is 4.09. The van der Waals surface area contributed by atoms with Gasteiger partial charge in [0.2, 0.25) is 0 Å². The Morgan fingerprint density at radius 1 is 0.952 bits per heavy atom. The van der Waals surface area contributed by atoms with E-state index in [0.717, 1.165) is 13.0 Å². The van der Waals surface area contributed by atoms with Gasteiger partial charge in [0.05, 0.1) is 0 Å². The number of likely N-dealkylation sites (tertiary alicyclic amines) is 1.